The molecule has 0 saturated heterocycles. The van der Waals surface area contributed by atoms with Crippen molar-refractivity contribution in [3.8, 4) is 0 Å². The Bertz CT molecular complexity index is 919. The van der Waals surface area contributed by atoms with Crippen molar-refractivity contribution in [3.63, 3.8) is 0 Å². The van der Waals surface area contributed by atoms with Crippen LogP contribution in [0.1, 0.15) is 55.8 Å². The number of benzene rings is 2. The van der Waals surface area contributed by atoms with E-state index in [0.717, 1.165) is 38.2 Å². The molecule has 0 unspecified atom stereocenters. The maximum atomic E-state index is 15.4. The minimum Gasteiger partial charge on any atom is -0.480 e. The average molecular weight is 466 g/mol. The highest BCUT2D eigenvalue weighted by Gasteiger charge is 2.46. The highest BCUT2D eigenvalue weighted by atomic mass is 35.5. The molecule has 0 spiro atoms. The SMILES string of the molecule is O=C(N[C@@H](CC1CCCCC1)C(=O)O)O[C@H](c1ccccc1)C(F)(F)c1cccc(Cl)c1. The minimum absolute atomic E-state index is 0.0757. The molecule has 0 heterocycles. The molecule has 3 rings (SSSR count). The van der Waals surface area contributed by atoms with Crippen LogP contribution in [0, 0.1) is 5.92 Å². The number of halogens is 3. The number of hydrogen-bond acceptors (Lipinski definition) is 3. The van der Waals surface area contributed by atoms with Gasteiger partial charge >= 0.3 is 18.0 Å². The molecule has 1 amide bonds. The molecule has 2 atom stereocenters. The van der Waals surface area contributed by atoms with Crippen molar-refractivity contribution in [2.24, 2.45) is 5.92 Å². The number of aliphatic carboxylic acids is 1. The number of carbonyl (C=O) groups is 2. The normalized spacial score (nSPS) is 16.7. The van der Waals surface area contributed by atoms with Crippen molar-refractivity contribution < 1.29 is 28.2 Å². The number of amides is 1. The fourth-order valence-electron chi connectivity index (χ4n) is 4.09. The summed E-state index contributed by atoms with van der Waals surface area (Å²) in [5.74, 6) is -4.65. The molecule has 0 aliphatic heterocycles. The number of rotatable bonds is 8. The Morgan fingerprint density at radius 1 is 1.09 bits per heavy atom. The van der Waals surface area contributed by atoms with Gasteiger partial charge in [-0.1, -0.05) is 86.2 Å². The van der Waals surface area contributed by atoms with Crippen molar-refractivity contribution in [2.75, 3.05) is 0 Å². The van der Waals surface area contributed by atoms with Gasteiger partial charge in [0.1, 0.15) is 6.04 Å². The summed E-state index contributed by atoms with van der Waals surface area (Å²) in [5, 5.41) is 11.9. The second-order valence-corrected chi connectivity index (χ2v) is 8.54. The first-order valence-corrected chi connectivity index (χ1v) is 11.0. The Morgan fingerprint density at radius 3 is 2.41 bits per heavy atom. The largest absolute Gasteiger partial charge is 0.480 e. The van der Waals surface area contributed by atoms with Gasteiger partial charge in [-0.25, -0.2) is 9.59 Å². The van der Waals surface area contributed by atoms with Crippen molar-refractivity contribution in [1.82, 2.24) is 5.32 Å². The third-order valence-electron chi connectivity index (χ3n) is 5.75. The van der Waals surface area contributed by atoms with Gasteiger partial charge in [0.25, 0.3) is 0 Å². The molecule has 5 nitrogen and oxygen atoms in total. The van der Waals surface area contributed by atoms with Crippen LogP contribution in [0.25, 0.3) is 0 Å². The zero-order valence-electron chi connectivity index (χ0n) is 17.5. The minimum atomic E-state index is -3.61. The van der Waals surface area contributed by atoms with Gasteiger partial charge in [0.15, 0.2) is 6.10 Å². The first-order chi connectivity index (χ1) is 15.3. The van der Waals surface area contributed by atoms with Gasteiger partial charge in [-0.2, -0.15) is 8.78 Å². The lowest BCUT2D eigenvalue weighted by Gasteiger charge is -2.29. The Morgan fingerprint density at radius 2 is 1.78 bits per heavy atom. The van der Waals surface area contributed by atoms with E-state index < -0.39 is 35.7 Å². The number of carbonyl (C=O) groups excluding carboxylic acids is 1. The lowest BCUT2D eigenvalue weighted by molar-refractivity contribution is -0.140. The summed E-state index contributed by atoms with van der Waals surface area (Å²) in [6.45, 7) is 0. The number of hydrogen-bond donors (Lipinski definition) is 2. The van der Waals surface area contributed by atoms with Gasteiger partial charge in [0, 0.05) is 10.6 Å². The predicted octanol–water partition coefficient (Wildman–Crippen LogP) is 6.32. The van der Waals surface area contributed by atoms with Crippen LogP contribution in [-0.4, -0.2) is 23.2 Å². The lowest BCUT2D eigenvalue weighted by Crippen LogP contribution is -2.44. The Labute approximate surface area is 190 Å². The summed E-state index contributed by atoms with van der Waals surface area (Å²) in [6, 6.07) is 11.6. The van der Waals surface area contributed by atoms with E-state index in [-0.39, 0.29) is 22.9 Å². The van der Waals surface area contributed by atoms with Crippen LogP contribution in [0.5, 0.6) is 0 Å². The number of alkyl carbamates (subject to hydrolysis) is 1. The van der Waals surface area contributed by atoms with Crippen LogP contribution in [0.15, 0.2) is 54.6 Å². The van der Waals surface area contributed by atoms with E-state index in [0.29, 0.717) is 0 Å². The molecular weight excluding hydrogens is 440 g/mol. The predicted molar refractivity (Wildman–Crippen MR) is 117 cm³/mol. The van der Waals surface area contributed by atoms with Crippen LogP contribution >= 0.6 is 11.6 Å². The smallest absolute Gasteiger partial charge is 0.408 e. The second kappa shape index (κ2) is 10.8. The first-order valence-electron chi connectivity index (χ1n) is 10.7. The third-order valence-corrected chi connectivity index (χ3v) is 5.99. The summed E-state index contributed by atoms with van der Waals surface area (Å²) in [7, 11) is 0. The monoisotopic (exact) mass is 465 g/mol. The summed E-state index contributed by atoms with van der Waals surface area (Å²) in [6.07, 6.45) is 1.99. The molecule has 1 aliphatic carbocycles. The second-order valence-electron chi connectivity index (χ2n) is 8.10. The van der Waals surface area contributed by atoms with E-state index in [1.165, 1.54) is 30.3 Å². The van der Waals surface area contributed by atoms with E-state index >= 15 is 8.78 Å². The van der Waals surface area contributed by atoms with Crippen LogP contribution in [-0.2, 0) is 15.5 Å². The number of nitrogens with one attached hydrogen (secondary N) is 1. The fourth-order valence-corrected chi connectivity index (χ4v) is 4.28. The number of carboxylic acid groups (broad SMARTS) is 1. The van der Waals surface area contributed by atoms with E-state index in [9.17, 15) is 14.7 Å². The standard InChI is InChI=1S/C24H26ClF2NO4/c25-19-13-7-12-18(15-19)24(26,27)21(17-10-5-2-6-11-17)32-23(31)28-20(22(29)30)14-16-8-3-1-4-9-16/h2,5-7,10-13,15-16,20-21H,1,3-4,8-9,14H2,(H,28,31)(H,29,30)/t20-,21+/m0/s1. The maximum Gasteiger partial charge on any atom is 0.408 e. The summed E-state index contributed by atoms with van der Waals surface area (Å²) >= 11 is 5.88. The molecule has 0 aromatic heterocycles. The van der Waals surface area contributed by atoms with Crippen LogP contribution < -0.4 is 5.32 Å². The highest BCUT2D eigenvalue weighted by Crippen LogP contribution is 2.43. The van der Waals surface area contributed by atoms with Gasteiger partial charge < -0.3 is 15.2 Å². The Balaban J connectivity index is 1.79. The average Bonchev–Trinajstić information content (AvgIpc) is 2.78. The van der Waals surface area contributed by atoms with Crippen molar-refractivity contribution in [1.29, 1.82) is 0 Å². The molecule has 0 bridgehead atoms. The number of alkyl halides is 2. The van der Waals surface area contributed by atoms with Crippen LogP contribution in [0.2, 0.25) is 5.02 Å². The van der Waals surface area contributed by atoms with E-state index in [4.69, 9.17) is 16.3 Å². The quantitative estimate of drug-likeness (QED) is 0.478. The number of carboxylic acids is 1. The molecule has 32 heavy (non-hydrogen) atoms. The summed E-state index contributed by atoms with van der Waals surface area (Å²) in [5.41, 5.74) is -0.338. The Kier molecular flexibility index (Phi) is 8.07. The van der Waals surface area contributed by atoms with Gasteiger partial charge in [-0.15, -0.1) is 0 Å². The molecule has 1 aliphatic rings. The van der Waals surface area contributed by atoms with Crippen molar-refractivity contribution >= 4 is 23.7 Å². The summed E-state index contributed by atoms with van der Waals surface area (Å²) < 4.78 is 36.0. The van der Waals surface area contributed by atoms with Crippen LogP contribution in [0.4, 0.5) is 13.6 Å². The van der Waals surface area contributed by atoms with Gasteiger partial charge in [-0.05, 0) is 30.0 Å². The summed E-state index contributed by atoms with van der Waals surface area (Å²) in [4.78, 5) is 24.3. The Hall–Kier alpha value is -2.67. The molecule has 0 radical (unpaired) electrons. The highest BCUT2D eigenvalue weighted by molar-refractivity contribution is 6.30. The fraction of sp³-hybridized carbons (Fsp3) is 0.417. The molecule has 2 aromatic rings. The van der Waals surface area contributed by atoms with Gasteiger partial charge in [0.2, 0.25) is 0 Å². The molecular formula is C24H26ClF2NO4. The van der Waals surface area contributed by atoms with E-state index in [1.54, 1.807) is 18.2 Å². The molecule has 1 saturated carbocycles. The molecule has 2 aromatic carbocycles. The van der Waals surface area contributed by atoms with E-state index in [2.05, 4.69) is 5.32 Å². The molecule has 8 heteroatoms. The van der Waals surface area contributed by atoms with E-state index in [1.807, 2.05) is 0 Å². The maximum absolute atomic E-state index is 15.4. The first kappa shape index (κ1) is 24.0. The van der Waals surface area contributed by atoms with Gasteiger partial charge in [0.05, 0.1) is 0 Å². The van der Waals surface area contributed by atoms with Crippen LogP contribution in [0.3, 0.4) is 0 Å². The lowest BCUT2D eigenvalue weighted by atomic mass is 9.85. The molecule has 2 N–H and O–H groups in total. The molecule has 172 valence electrons. The molecule has 1 fully saturated rings. The van der Waals surface area contributed by atoms with Crippen molar-refractivity contribution in [3.05, 3.63) is 70.7 Å². The topological polar surface area (TPSA) is 75.6 Å². The number of ether oxygens (including phenoxy) is 1. The van der Waals surface area contributed by atoms with Crippen molar-refractivity contribution in [2.45, 2.75) is 56.6 Å². The zero-order chi connectivity index (χ0) is 23.1. The third kappa shape index (κ3) is 6.19. The van der Waals surface area contributed by atoms with Gasteiger partial charge in [-0.3, -0.25) is 0 Å². The zero-order valence-corrected chi connectivity index (χ0v) is 18.2.